The van der Waals surface area contributed by atoms with Crippen LogP contribution in [0.1, 0.15) is 31.2 Å². The van der Waals surface area contributed by atoms with Crippen LogP contribution in [0.15, 0.2) is 23.0 Å². The van der Waals surface area contributed by atoms with Gasteiger partial charge in [0.2, 0.25) is 5.88 Å². The van der Waals surface area contributed by atoms with Gasteiger partial charge in [0.25, 0.3) is 0 Å². The first-order chi connectivity index (χ1) is 12.4. The van der Waals surface area contributed by atoms with Crippen LogP contribution in [0.25, 0.3) is 0 Å². The van der Waals surface area contributed by atoms with E-state index in [1.165, 1.54) is 0 Å². The quantitative estimate of drug-likeness (QED) is 0.785. The number of ether oxygens (including phenoxy) is 1. The van der Waals surface area contributed by atoms with E-state index in [2.05, 4.69) is 9.88 Å². The van der Waals surface area contributed by atoms with E-state index in [0.29, 0.717) is 18.4 Å². The Kier molecular flexibility index (Phi) is 3.93. The molecule has 4 rings (SSSR count). The lowest BCUT2D eigenvalue weighted by Gasteiger charge is -2.32. The number of nitrogens with zero attached hydrogens (tertiary/aromatic N) is 3. The summed E-state index contributed by atoms with van der Waals surface area (Å²) in [6, 6.07) is 2.84. The number of halogens is 3. The topological polar surface area (TPSA) is 47.4 Å². The van der Waals surface area contributed by atoms with Crippen molar-refractivity contribution in [1.82, 2.24) is 9.55 Å². The summed E-state index contributed by atoms with van der Waals surface area (Å²) in [6.07, 6.45) is 4.28. The largest absolute Gasteiger partial charge is 0.472 e. The second kappa shape index (κ2) is 6.03. The van der Waals surface area contributed by atoms with Crippen LogP contribution in [0, 0.1) is 17.5 Å². The zero-order chi connectivity index (χ0) is 18.5. The maximum absolute atomic E-state index is 13.7. The fourth-order valence-electron chi connectivity index (χ4n) is 3.97. The molecule has 0 saturated heterocycles. The van der Waals surface area contributed by atoms with Gasteiger partial charge in [-0.3, -0.25) is 4.57 Å². The van der Waals surface area contributed by atoms with Gasteiger partial charge in [0.1, 0.15) is 18.2 Å². The van der Waals surface area contributed by atoms with E-state index in [-0.39, 0.29) is 23.6 Å². The van der Waals surface area contributed by atoms with Crippen molar-refractivity contribution in [1.29, 1.82) is 0 Å². The normalized spacial score (nSPS) is 17.8. The first-order valence-electron chi connectivity index (χ1n) is 8.52. The molecule has 2 aromatic rings. The molecule has 0 atom stereocenters. The highest BCUT2D eigenvalue weighted by Gasteiger charge is 2.44. The molecular formula is C18H18F3N3O2. The maximum atomic E-state index is 13.7. The molecule has 1 fully saturated rings. The molecule has 0 radical (unpaired) electrons. The number of likely N-dealkylation sites (N-methyl/N-ethyl adjacent to an activating group) is 1. The lowest BCUT2D eigenvalue weighted by atomic mass is 9.97. The predicted octanol–water partition coefficient (Wildman–Crippen LogP) is 3.00. The van der Waals surface area contributed by atoms with E-state index in [4.69, 9.17) is 4.74 Å². The van der Waals surface area contributed by atoms with E-state index in [0.717, 1.165) is 31.7 Å². The molecule has 138 valence electrons. The predicted molar refractivity (Wildman–Crippen MR) is 88.7 cm³/mol. The Balaban J connectivity index is 1.59. The van der Waals surface area contributed by atoms with Crippen LogP contribution in [-0.4, -0.2) is 22.1 Å². The van der Waals surface area contributed by atoms with Crippen molar-refractivity contribution >= 4 is 5.82 Å². The zero-order valence-electron chi connectivity index (χ0n) is 14.3. The van der Waals surface area contributed by atoms with Crippen LogP contribution in [0.2, 0.25) is 0 Å². The summed E-state index contributed by atoms with van der Waals surface area (Å²) in [5.41, 5.74) is -0.635. The van der Waals surface area contributed by atoms with Crippen LogP contribution >= 0.6 is 0 Å². The van der Waals surface area contributed by atoms with Gasteiger partial charge in [0.15, 0.2) is 11.6 Å². The minimum Gasteiger partial charge on any atom is -0.472 e. The molecule has 1 aliphatic heterocycles. The van der Waals surface area contributed by atoms with Crippen LogP contribution in [0.5, 0.6) is 5.88 Å². The van der Waals surface area contributed by atoms with Crippen LogP contribution in [-0.2, 0) is 13.2 Å². The fourth-order valence-corrected chi connectivity index (χ4v) is 3.97. The van der Waals surface area contributed by atoms with Gasteiger partial charge < -0.3 is 9.64 Å². The smallest absolute Gasteiger partial charge is 0.352 e. The van der Waals surface area contributed by atoms with Gasteiger partial charge in [0, 0.05) is 24.7 Å². The average Bonchev–Trinajstić information content (AvgIpc) is 3.18. The first-order valence-corrected chi connectivity index (χ1v) is 8.52. The Bertz CT molecular complexity index is 923. The van der Waals surface area contributed by atoms with Crippen molar-refractivity contribution < 1.29 is 17.9 Å². The summed E-state index contributed by atoms with van der Waals surface area (Å²) in [4.78, 5) is 18.3. The van der Waals surface area contributed by atoms with Crippen molar-refractivity contribution in [2.75, 3.05) is 11.9 Å². The van der Waals surface area contributed by atoms with Crippen molar-refractivity contribution in [2.24, 2.45) is 0 Å². The molecule has 0 bridgehead atoms. The Labute approximate surface area is 148 Å². The van der Waals surface area contributed by atoms with Gasteiger partial charge in [-0.05, 0) is 18.9 Å². The van der Waals surface area contributed by atoms with Crippen molar-refractivity contribution in [2.45, 2.75) is 44.4 Å². The monoisotopic (exact) mass is 365 g/mol. The van der Waals surface area contributed by atoms with E-state index in [1.54, 1.807) is 10.6 Å². The molecule has 0 N–H and O–H groups in total. The summed E-state index contributed by atoms with van der Waals surface area (Å²) in [6.45, 7) is 0.247. The van der Waals surface area contributed by atoms with Gasteiger partial charge in [-0.25, -0.2) is 18.0 Å². The number of hydrogen-bond donors (Lipinski definition) is 0. The van der Waals surface area contributed by atoms with Gasteiger partial charge in [-0.2, -0.15) is 4.98 Å². The molecule has 2 heterocycles. The number of anilines is 1. The molecule has 1 aromatic carbocycles. The van der Waals surface area contributed by atoms with Gasteiger partial charge in [0.05, 0.1) is 12.1 Å². The number of rotatable bonds is 3. The highest BCUT2D eigenvalue weighted by molar-refractivity contribution is 5.49. The molecule has 8 heteroatoms. The third-order valence-electron chi connectivity index (χ3n) is 5.47. The Morgan fingerprint density at radius 1 is 1.12 bits per heavy atom. The molecule has 1 aliphatic carbocycles. The summed E-state index contributed by atoms with van der Waals surface area (Å²) < 4.78 is 47.0. The van der Waals surface area contributed by atoms with Crippen LogP contribution in [0.3, 0.4) is 0 Å². The molecule has 2 aliphatic rings. The van der Waals surface area contributed by atoms with Gasteiger partial charge in [-0.1, -0.05) is 12.8 Å². The molecule has 1 spiro atoms. The van der Waals surface area contributed by atoms with E-state index >= 15 is 0 Å². The lowest BCUT2D eigenvalue weighted by molar-refractivity contribution is 0.284. The molecule has 26 heavy (non-hydrogen) atoms. The Morgan fingerprint density at radius 3 is 2.54 bits per heavy atom. The van der Waals surface area contributed by atoms with Crippen molar-refractivity contribution in [3.63, 3.8) is 0 Å². The molecule has 1 saturated carbocycles. The van der Waals surface area contributed by atoms with E-state index < -0.39 is 23.1 Å². The third kappa shape index (κ3) is 2.64. The molecule has 0 amide bonds. The summed E-state index contributed by atoms with van der Waals surface area (Å²) >= 11 is 0. The lowest BCUT2D eigenvalue weighted by Crippen LogP contribution is -2.41. The van der Waals surface area contributed by atoms with E-state index in [9.17, 15) is 18.0 Å². The second-order valence-corrected chi connectivity index (χ2v) is 6.96. The minimum atomic E-state index is -1.26. The van der Waals surface area contributed by atoms with Gasteiger partial charge >= 0.3 is 5.69 Å². The second-order valence-electron chi connectivity index (χ2n) is 6.96. The zero-order valence-corrected chi connectivity index (χ0v) is 14.3. The summed E-state index contributed by atoms with van der Waals surface area (Å²) in [5.74, 6) is -2.60. The minimum absolute atomic E-state index is 0.0345. The number of fused-ring (bicyclic) bond motifs is 1. The van der Waals surface area contributed by atoms with Crippen LogP contribution in [0.4, 0.5) is 19.0 Å². The van der Waals surface area contributed by atoms with Crippen molar-refractivity contribution in [3.05, 3.63) is 51.7 Å². The van der Waals surface area contributed by atoms with Crippen molar-refractivity contribution in [3.8, 4) is 5.88 Å². The number of aromatic nitrogens is 2. The summed E-state index contributed by atoms with van der Waals surface area (Å²) in [5, 5.41) is 0. The SMILES string of the molecule is CN1c2cc(OCc3cc(F)c(F)cc3F)nc(=O)n2CC12CCCC2. The van der Waals surface area contributed by atoms with E-state index in [1.807, 2.05) is 7.05 Å². The molecule has 5 nitrogen and oxygen atoms in total. The Morgan fingerprint density at radius 2 is 1.81 bits per heavy atom. The third-order valence-corrected chi connectivity index (χ3v) is 5.47. The maximum Gasteiger partial charge on any atom is 0.352 e. The molecular weight excluding hydrogens is 347 g/mol. The first kappa shape index (κ1) is 16.9. The standard InChI is InChI=1S/C18H18F3N3O2/c1-23-16-8-15(26-9-11-6-13(20)14(21)7-12(11)19)22-17(25)24(16)10-18(23)4-2-3-5-18/h6-8H,2-5,9-10H2,1H3. The van der Waals surface area contributed by atoms with Gasteiger partial charge in [-0.15, -0.1) is 0 Å². The Hall–Kier alpha value is -2.51. The van der Waals surface area contributed by atoms with Crippen LogP contribution < -0.4 is 15.3 Å². The summed E-state index contributed by atoms with van der Waals surface area (Å²) in [7, 11) is 1.95. The molecule has 1 aromatic heterocycles. The number of benzene rings is 1. The number of hydrogen-bond acceptors (Lipinski definition) is 4. The fraction of sp³-hybridized carbons (Fsp3) is 0.444. The highest BCUT2D eigenvalue weighted by Crippen LogP contribution is 2.43. The highest BCUT2D eigenvalue weighted by atomic mass is 19.2. The average molecular weight is 365 g/mol. The molecule has 0 unspecified atom stereocenters.